The number of nitrogens with zero attached hydrogens (tertiary/aromatic N) is 2. The van der Waals surface area contributed by atoms with Crippen molar-refractivity contribution in [1.82, 2.24) is 10.1 Å². The maximum atomic E-state index is 12.7. The summed E-state index contributed by atoms with van der Waals surface area (Å²) in [4.78, 5) is 14.5. The Bertz CT molecular complexity index is 684. The average molecular weight is 335 g/mol. The number of aliphatic hydroxyl groups excluding tert-OH is 1. The zero-order chi connectivity index (χ0) is 16.2. The Hall–Kier alpha value is -1.85. The monoisotopic (exact) mass is 334 g/mol. The third kappa shape index (κ3) is 3.57. The minimum atomic E-state index is -0.139. The summed E-state index contributed by atoms with van der Waals surface area (Å²) in [6.07, 6.45) is 3.59. The molecule has 2 aromatic rings. The molecule has 23 heavy (non-hydrogen) atoms. The molecule has 3 rings (SSSR count). The van der Waals surface area contributed by atoms with Gasteiger partial charge in [-0.3, -0.25) is 4.79 Å². The second-order valence-corrected chi connectivity index (χ2v) is 6.18. The van der Waals surface area contributed by atoms with Crippen LogP contribution in [0.3, 0.4) is 0 Å². The first-order chi connectivity index (χ1) is 11.2. The summed E-state index contributed by atoms with van der Waals surface area (Å²) in [6.45, 7) is 0.782. The van der Waals surface area contributed by atoms with Gasteiger partial charge in [0.1, 0.15) is 0 Å². The van der Waals surface area contributed by atoms with Crippen LogP contribution in [0, 0.1) is 0 Å². The van der Waals surface area contributed by atoms with Crippen LogP contribution >= 0.6 is 11.6 Å². The molecule has 1 atom stereocenters. The van der Waals surface area contributed by atoms with Gasteiger partial charge in [0.05, 0.1) is 0 Å². The quantitative estimate of drug-likeness (QED) is 0.930. The average Bonchev–Trinajstić information content (AvgIpc) is 3.05. The minimum absolute atomic E-state index is 0.0765. The Morgan fingerprint density at radius 1 is 1.39 bits per heavy atom. The topological polar surface area (TPSA) is 66.6 Å². The number of halogens is 1. The molecule has 1 saturated heterocycles. The fraction of sp³-hybridized carbons (Fsp3) is 0.412. The number of hydrogen-bond acceptors (Lipinski definition) is 4. The van der Waals surface area contributed by atoms with E-state index < -0.39 is 0 Å². The van der Waals surface area contributed by atoms with Gasteiger partial charge in [0, 0.05) is 35.8 Å². The van der Waals surface area contributed by atoms with Gasteiger partial charge in [-0.2, -0.15) is 0 Å². The zero-order valence-electron chi connectivity index (χ0n) is 12.7. The fourth-order valence-corrected chi connectivity index (χ4v) is 3.21. The molecule has 1 aliphatic rings. The molecular formula is C17H19ClN2O3. The normalized spacial score (nSPS) is 18.2. The molecule has 5 nitrogen and oxygen atoms in total. The molecule has 1 fully saturated rings. The Balaban J connectivity index is 1.80. The van der Waals surface area contributed by atoms with E-state index in [0.29, 0.717) is 29.4 Å². The lowest BCUT2D eigenvalue weighted by atomic mass is 9.99. The van der Waals surface area contributed by atoms with E-state index in [-0.39, 0.29) is 18.6 Å². The highest BCUT2D eigenvalue weighted by Gasteiger charge is 2.29. The first kappa shape index (κ1) is 16.0. The summed E-state index contributed by atoms with van der Waals surface area (Å²) in [7, 11) is 0. The highest BCUT2D eigenvalue weighted by Crippen LogP contribution is 2.26. The van der Waals surface area contributed by atoms with E-state index in [9.17, 15) is 9.90 Å². The Morgan fingerprint density at radius 3 is 3.04 bits per heavy atom. The number of rotatable bonds is 4. The zero-order valence-corrected chi connectivity index (χ0v) is 13.5. The van der Waals surface area contributed by atoms with Gasteiger partial charge in [0.15, 0.2) is 11.5 Å². The predicted octanol–water partition coefficient (Wildman–Crippen LogP) is 3.37. The smallest absolute Gasteiger partial charge is 0.276 e. The summed E-state index contributed by atoms with van der Waals surface area (Å²) in [5.41, 5.74) is 1.08. The van der Waals surface area contributed by atoms with Crippen LogP contribution in [0.25, 0.3) is 11.3 Å². The minimum Gasteiger partial charge on any atom is -0.396 e. The lowest BCUT2D eigenvalue weighted by Crippen LogP contribution is -2.44. The van der Waals surface area contributed by atoms with Crippen molar-refractivity contribution in [3.63, 3.8) is 0 Å². The van der Waals surface area contributed by atoms with Gasteiger partial charge in [-0.25, -0.2) is 0 Å². The van der Waals surface area contributed by atoms with Crippen molar-refractivity contribution < 1.29 is 14.4 Å². The van der Waals surface area contributed by atoms with E-state index >= 15 is 0 Å². The van der Waals surface area contributed by atoms with Gasteiger partial charge in [-0.1, -0.05) is 28.9 Å². The van der Waals surface area contributed by atoms with Crippen LogP contribution in [0.15, 0.2) is 34.9 Å². The number of piperidine rings is 1. The Morgan fingerprint density at radius 2 is 2.26 bits per heavy atom. The lowest BCUT2D eigenvalue weighted by molar-refractivity contribution is 0.0564. The summed E-state index contributed by atoms with van der Waals surface area (Å²) in [6, 6.07) is 8.96. The van der Waals surface area contributed by atoms with Gasteiger partial charge in [0.25, 0.3) is 5.91 Å². The second kappa shape index (κ2) is 7.15. The van der Waals surface area contributed by atoms with Gasteiger partial charge in [-0.15, -0.1) is 0 Å². The molecule has 0 spiro atoms. The van der Waals surface area contributed by atoms with E-state index in [2.05, 4.69) is 5.16 Å². The molecule has 0 saturated carbocycles. The fourth-order valence-electron chi connectivity index (χ4n) is 3.02. The number of aliphatic hydroxyl groups is 1. The number of amides is 1. The van der Waals surface area contributed by atoms with Crippen molar-refractivity contribution in [2.75, 3.05) is 13.2 Å². The lowest BCUT2D eigenvalue weighted by Gasteiger charge is -2.34. The van der Waals surface area contributed by atoms with Crippen LogP contribution in [0.1, 0.15) is 36.2 Å². The molecule has 1 aromatic heterocycles. The molecule has 1 aliphatic heterocycles. The Kier molecular flexibility index (Phi) is 4.98. The standard InChI is InChI=1S/C17H19ClN2O3/c18-13-5-3-4-12(10-13)16-11-15(19-23-16)17(22)20-8-2-1-6-14(20)7-9-21/h3-5,10-11,14,21H,1-2,6-9H2. The largest absolute Gasteiger partial charge is 0.396 e. The molecule has 0 radical (unpaired) electrons. The van der Waals surface area contributed by atoms with E-state index in [0.717, 1.165) is 24.8 Å². The number of likely N-dealkylation sites (tertiary alicyclic amines) is 1. The molecule has 1 aromatic carbocycles. The molecule has 6 heteroatoms. The maximum absolute atomic E-state index is 12.7. The molecule has 0 aliphatic carbocycles. The van der Waals surface area contributed by atoms with Crippen molar-refractivity contribution in [2.24, 2.45) is 0 Å². The summed E-state index contributed by atoms with van der Waals surface area (Å²) < 4.78 is 5.31. The van der Waals surface area contributed by atoms with Crippen molar-refractivity contribution in [2.45, 2.75) is 31.7 Å². The number of hydrogen-bond donors (Lipinski definition) is 1. The second-order valence-electron chi connectivity index (χ2n) is 5.75. The van der Waals surface area contributed by atoms with E-state index in [1.165, 1.54) is 0 Å². The van der Waals surface area contributed by atoms with Crippen LogP contribution < -0.4 is 0 Å². The van der Waals surface area contributed by atoms with Crippen LogP contribution in [0.2, 0.25) is 5.02 Å². The summed E-state index contributed by atoms with van der Waals surface area (Å²) in [5, 5.41) is 13.7. The van der Waals surface area contributed by atoms with E-state index in [1.54, 1.807) is 23.1 Å². The van der Waals surface area contributed by atoms with Gasteiger partial charge >= 0.3 is 0 Å². The molecule has 0 bridgehead atoms. The van der Waals surface area contributed by atoms with Crippen molar-refractivity contribution in [3.05, 3.63) is 41.0 Å². The van der Waals surface area contributed by atoms with Crippen LogP contribution in [-0.2, 0) is 0 Å². The predicted molar refractivity (Wildman–Crippen MR) is 87.3 cm³/mol. The third-order valence-corrected chi connectivity index (χ3v) is 4.42. The number of carbonyl (C=O) groups is 1. The molecule has 2 heterocycles. The summed E-state index contributed by atoms with van der Waals surface area (Å²) in [5.74, 6) is 0.381. The third-order valence-electron chi connectivity index (χ3n) is 4.19. The van der Waals surface area contributed by atoms with Crippen molar-refractivity contribution >= 4 is 17.5 Å². The molecule has 1 amide bonds. The number of benzene rings is 1. The number of carbonyl (C=O) groups excluding carboxylic acids is 1. The Labute approximate surface area is 139 Å². The SMILES string of the molecule is O=C(c1cc(-c2cccc(Cl)c2)on1)N1CCCCC1CCO. The highest BCUT2D eigenvalue weighted by atomic mass is 35.5. The van der Waals surface area contributed by atoms with E-state index in [4.69, 9.17) is 16.1 Å². The van der Waals surface area contributed by atoms with Gasteiger partial charge < -0.3 is 14.5 Å². The summed E-state index contributed by atoms with van der Waals surface area (Å²) >= 11 is 5.98. The van der Waals surface area contributed by atoms with Crippen LogP contribution in [0.5, 0.6) is 0 Å². The molecule has 1 N–H and O–H groups in total. The van der Waals surface area contributed by atoms with Gasteiger partial charge in [-0.05, 0) is 37.8 Å². The number of aromatic nitrogens is 1. The van der Waals surface area contributed by atoms with Crippen molar-refractivity contribution in [3.8, 4) is 11.3 Å². The van der Waals surface area contributed by atoms with Crippen LogP contribution in [-0.4, -0.2) is 40.3 Å². The van der Waals surface area contributed by atoms with Crippen molar-refractivity contribution in [1.29, 1.82) is 0 Å². The highest BCUT2D eigenvalue weighted by molar-refractivity contribution is 6.30. The van der Waals surface area contributed by atoms with Gasteiger partial charge in [0.2, 0.25) is 0 Å². The maximum Gasteiger partial charge on any atom is 0.276 e. The molecule has 1 unspecified atom stereocenters. The first-order valence-corrected chi connectivity index (χ1v) is 8.21. The molecular weight excluding hydrogens is 316 g/mol. The molecule has 122 valence electrons. The van der Waals surface area contributed by atoms with E-state index in [1.807, 2.05) is 12.1 Å². The first-order valence-electron chi connectivity index (χ1n) is 7.83. The van der Waals surface area contributed by atoms with Crippen LogP contribution in [0.4, 0.5) is 0 Å².